The molecule has 0 radical (unpaired) electrons. The molecule has 2 saturated carbocycles. The minimum absolute atomic E-state index is 0.0743. The summed E-state index contributed by atoms with van der Waals surface area (Å²) in [5.41, 5.74) is 4.89. The van der Waals surface area contributed by atoms with Gasteiger partial charge in [0.2, 0.25) is 0 Å². The number of nitrogens with zero attached hydrogens (tertiary/aromatic N) is 1. The molecule has 0 aromatic carbocycles. The van der Waals surface area contributed by atoms with Gasteiger partial charge in [-0.25, -0.2) is 0 Å². The van der Waals surface area contributed by atoms with Crippen molar-refractivity contribution in [2.45, 2.75) is 186 Å². The van der Waals surface area contributed by atoms with E-state index in [0.29, 0.717) is 54.8 Å². The first-order valence-electron chi connectivity index (χ1n) is 21.6. The molecule has 2 saturated heterocycles. The predicted molar refractivity (Wildman–Crippen MR) is 203 cm³/mol. The van der Waals surface area contributed by atoms with Crippen molar-refractivity contribution in [2.24, 2.45) is 35.0 Å². The van der Waals surface area contributed by atoms with E-state index in [2.05, 4.69) is 38.7 Å². The first kappa shape index (κ1) is 40.9. The van der Waals surface area contributed by atoms with E-state index < -0.39 is 12.1 Å². The number of unbranched alkanes of at least 4 members (excludes halogenated alkanes) is 8. The number of carbonyl (C=O) groups is 2. The summed E-state index contributed by atoms with van der Waals surface area (Å²) in [6.07, 6.45) is 17.6. The van der Waals surface area contributed by atoms with Gasteiger partial charge in [-0.05, 0) is 119 Å². The van der Waals surface area contributed by atoms with Crippen LogP contribution in [0.25, 0.3) is 0 Å². The van der Waals surface area contributed by atoms with Crippen molar-refractivity contribution in [3.8, 4) is 0 Å². The van der Waals surface area contributed by atoms with Crippen molar-refractivity contribution < 1.29 is 32.6 Å². The highest BCUT2D eigenvalue weighted by atomic mass is 19.4. The third-order valence-electron chi connectivity index (χ3n) is 15.2. The van der Waals surface area contributed by atoms with Gasteiger partial charge in [-0.2, -0.15) is 13.2 Å². The Labute approximate surface area is 317 Å². The lowest BCUT2D eigenvalue weighted by molar-refractivity contribution is -0.173. The van der Waals surface area contributed by atoms with Crippen LogP contribution in [0.5, 0.6) is 0 Å². The number of carbonyl (C=O) groups excluding carboxylic acids is 2. The maximum Gasteiger partial charge on any atom is 0.471 e. The number of fused-ring (bicyclic) bond motifs is 6. The molecular formula is C44H69F3N2O4. The zero-order chi connectivity index (χ0) is 38.0. The van der Waals surface area contributed by atoms with Crippen molar-refractivity contribution >= 4 is 11.7 Å². The van der Waals surface area contributed by atoms with E-state index in [-0.39, 0.29) is 29.8 Å². The number of nitrogens with one attached hydrogen (secondary N) is 1. The molecule has 6 aliphatic rings. The van der Waals surface area contributed by atoms with E-state index in [1.807, 2.05) is 5.32 Å². The molecule has 10 atom stereocenters. The topological polar surface area (TPSA) is 78.9 Å². The largest absolute Gasteiger partial charge is 0.471 e. The standard InChI is InChI=1S/C44H69F3N2O4/c1-29-25-39-40(49(28-29)24-14-16-33(50)15-12-10-8-6-5-7-9-11-13-23-48-41(52)44(45,46)47)31(3)43(53-39)22-20-35-36-18-17-32-26-34(51)19-21-42(32,4)38(36)27-37(35)30(43)2/h17,29,31,34-36,38-40,51H,5-16,18-28H2,1-4H3,(H,48,52)/t29-,31+,34-,35-,36-,38-,39+,40-,42-,43-/m0/s1. The Morgan fingerprint density at radius 3 is 2.36 bits per heavy atom. The number of rotatable bonds is 16. The lowest BCUT2D eigenvalue weighted by Gasteiger charge is -2.49. The minimum Gasteiger partial charge on any atom is -0.393 e. The quantitative estimate of drug-likeness (QED) is 0.122. The van der Waals surface area contributed by atoms with Crippen LogP contribution in [0.15, 0.2) is 22.8 Å². The first-order chi connectivity index (χ1) is 25.2. The summed E-state index contributed by atoms with van der Waals surface area (Å²) in [4.78, 5) is 26.4. The monoisotopic (exact) mass is 747 g/mol. The van der Waals surface area contributed by atoms with Crippen LogP contribution in [0.3, 0.4) is 0 Å². The Balaban J connectivity index is 0.912. The van der Waals surface area contributed by atoms with Crippen LogP contribution in [0.1, 0.15) is 156 Å². The Morgan fingerprint density at radius 1 is 0.962 bits per heavy atom. The number of alkyl halides is 3. The van der Waals surface area contributed by atoms with Gasteiger partial charge in [-0.3, -0.25) is 14.5 Å². The van der Waals surface area contributed by atoms with Gasteiger partial charge in [0.1, 0.15) is 5.78 Å². The second-order valence-corrected chi connectivity index (χ2v) is 18.5. The Bertz CT molecular complexity index is 1360. The zero-order valence-electron chi connectivity index (χ0n) is 33.2. The van der Waals surface area contributed by atoms with Gasteiger partial charge in [0.25, 0.3) is 0 Å². The highest BCUT2D eigenvalue weighted by Crippen LogP contribution is 2.65. The molecule has 1 amide bonds. The molecule has 2 N–H and O–H groups in total. The maximum absolute atomic E-state index is 12.9. The number of likely N-dealkylation sites (tertiary alicyclic amines) is 1. The molecule has 6 rings (SSSR count). The number of aliphatic hydroxyl groups excluding tert-OH is 1. The summed E-state index contributed by atoms with van der Waals surface area (Å²) in [6.45, 7) is 11.9. The number of ketones is 1. The van der Waals surface area contributed by atoms with E-state index in [1.54, 1.807) is 11.1 Å². The van der Waals surface area contributed by atoms with Crippen molar-refractivity contribution in [1.29, 1.82) is 0 Å². The Morgan fingerprint density at radius 2 is 1.64 bits per heavy atom. The van der Waals surface area contributed by atoms with E-state index in [4.69, 9.17) is 4.74 Å². The number of hydrogen-bond donors (Lipinski definition) is 2. The molecule has 0 bridgehead atoms. The number of hydrogen-bond acceptors (Lipinski definition) is 5. The number of amides is 1. The summed E-state index contributed by atoms with van der Waals surface area (Å²) in [6, 6.07) is 0.415. The van der Waals surface area contributed by atoms with Crippen LogP contribution in [-0.4, -0.2) is 71.4 Å². The number of Topliss-reactive ketones (excluding diaryl/α,β-unsaturated/α-hetero) is 1. The predicted octanol–water partition coefficient (Wildman–Crippen LogP) is 9.64. The fourth-order valence-corrected chi connectivity index (χ4v) is 12.3. The number of halogens is 3. The van der Waals surface area contributed by atoms with Gasteiger partial charge in [0.15, 0.2) is 0 Å². The molecule has 6 nitrogen and oxygen atoms in total. The van der Waals surface area contributed by atoms with Gasteiger partial charge in [-0.15, -0.1) is 0 Å². The molecular weight excluding hydrogens is 677 g/mol. The molecule has 300 valence electrons. The average Bonchev–Trinajstić information content (AvgIpc) is 3.63. The summed E-state index contributed by atoms with van der Waals surface area (Å²) >= 11 is 0. The fraction of sp³-hybridized carbons (Fsp3) is 0.864. The van der Waals surface area contributed by atoms with Gasteiger partial charge < -0.3 is 15.2 Å². The molecule has 53 heavy (non-hydrogen) atoms. The summed E-state index contributed by atoms with van der Waals surface area (Å²) in [7, 11) is 0. The van der Waals surface area contributed by atoms with Crippen LogP contribution in [-0.2, 0) is 14.3 Å². The number of piperidine rings is 1. The molecule has 0 unspecified atom stereocenters. The summed E-state index contributed by atoms with van der Waals surface area (Å²) in [5.74, 6) is 1.67. The van der Waals surface area contributed by atoms with Gasteiger partial charge in [0.05, 0.1) is 17.8 Å². The Kier molecular flexibility index (Phi) is 13.3. The van der Waals surface area contributed by atoms with E-state index in [9.17, 15) is 27.9 Å². The van der Waals surface area contributed by atoms with Crippen LogP contribution in [0.4, 0.5) is 13.2 Å². The van der Waals surface area contributed by atoms with Crippen molar-refractivity contribution in [2.75, 3.05) is 19.6 Å². The molecule has 0 aromatic rings. The molecule has 9 heteroatoms. The number of ether oxygens (including phenoxy) is 1. The smallest absolute Gasteiger partial charge is 0.393 e. The molecule has 2 aliphatic heterocycles. The number of allylic oxidation sites excluding steroid dienone is 2. The summed E-state index contributed by atoms with van der Waals surface area (Å²) < 4.78 is 44.0. The van der Waals surface area contributed by atoms with Crippen molar-refractivity contribution in [1.82, 2.24) is 10.2 Å². The van der Waals surface area contributed by atoms with Gasteiger partial charge in [-0.1, -0.05) is 82.9 Å². The molecule has 0 aromatic heterocycles. The van der Waals surface area contributed by atoms with Crippen LogP contribution >= 0.6 is 0 Å². The van der Waals surface area contributed by atoms with Crippen molar-refractivity contribution in [3.63, 3.8) is 0 Å². The van der Waals surface area contributed by atoms with E-state index in [1.165, 1.54) is 24.8 Å². The van der Waals surface area contributed by atoms with E-state index >= 15 is 0 Å². The Hall–Kier alpha value is -1.71. The molecule has 4 fully saturated rings. The van der Waals surface area contributed by atoms with Crippen LogP contribution in [0.2, 0.25) is 0 Å². The average molecular weight is 747 g/mol. The SMILES string of the molecule is CC1=C2C[C@H]3[C@@H](CC=C4C[C@@H](O)CC[C@@]43C)[C@@H]2CC[C@]12O[C@@H]1C[C@H](C)CN(CCCC(=O)CCCCCCCCCCCNC(=O)C(F)(F)F)[C@H]1[C@H]2C. The number of aliphatic hydroxyl groups is 1. The molecule has 4 aliphatic carbocycles. The highest BCUT2D eigenvalue weighted by Gasteiger charge is 2.61. The van der Waals surface area contributed by atoms with Crippen LogP contribution < -0.4 is 5.32 Å². The third-order valence-corrected chi connectivity index (χ3v) is 15.2. The lowest BCUT2D eigenvalue weighted by atomic mass is 9.56. The zero-order valence-corrected chi connectivity index (χ0v) is 33.2. The maximum atomic E-state index is 12.9. The van der Waals surface area contributed by atoms with Gasteiger partial charge in [0, 0.05) is 37.9 Å². The molecule has 1 spiro atoms. The van der Waals surface area contributed by atoms with Crippen molar-refractivity contribution in [3.05, 3.63) is 22.8 Å². The van der Waals surface area contributed by atoms with E-state index in [0.717, 1.165) is 109 Å². The second kappa shape index (κ2) is 17.2. The lowest BCUT2D eigenvalue weighted by Crippen LogP contribution is -2.52. The van der Waals surface area contributed by atoms with Gasteiger partial charge >= 0.3 is 12.1 Å². The summed E-state index contributed by atoms with van der Waals surface area (Å²) in [5, 5.41) is 12.4. The normalized spacial score (nSPS) is 36.9. The highest BCUT2D eigenvalue weighted by molar-refractivity contribution is 5.81. The first-order valence-corrected chi connectivity index (χ1v) is 21.6. The van der Waals surface area contributed by atoms with Crippen LogP contribution in [0, 0.1) is 35.0 Å². The second-order valence-electron chi connectivity index (χ2n) is 18.5. The minimum atomic E-state index is -4.80. The third kappa shape index (κ3) is 8.82. The fourth-order valence-electron chi connectivity index (χ4n) is 12.3. The molecule has 2 heterocycles.